The maximum Gasteiger partial charge on any atom is 0.238 e. The van der Waals surface area contributed by atoms with Gasteiger partial charge >= 0.3 is 0 Å². The number of sulfone groups is 1. The van der Waals surface area contributed by atoms with Gasteiger partial charge in [0.05, 0.1) is 0 Å². The van der Waals surface area contributed by atoms with Crippen molar-refractivity contribution in [1.29, 1.82) is 5.26 Å². The topological polar surface area (TPSA) is 81.5 Å². The number of aryl methyl sites for hydroxylation is 1. The number of piperazine rings is 1. The molecule has 0 bridgehead atoms. The maximum absolute atomic E-state index is 12.4. The molecule has 0 atom stereocenters. The van der Waals surface area contributed by atoms with E-state index >= 15 is 0 Å². The van der Waals surface area contributed by atoms with Crippen molar-refractivity contribution in [3.63, 3.8) is 0 Å². The van der Waals surface area contributed by atoms with Gasteiger partial charge in [0.1, 0.15) is 20.9 Å². The highest BCUT2D eigenvalue weighted by Gasteiger charge is 2.27. The summed E-state index contributed by atoms with van der Waals surface area (Å²) in [6.45, 7) is 4.38. The van der Waals surface area contributed by atoms with Gasteiger partial charge in [-0.3, -0.25) is 4.79 Å². The van der Waals surface area contributed by atoms with E-state index in [0.29, 0.717) is 31.1 Å². The number of thiophene rings is 1. The zero-order chi connectivity index (χ0) is 18.7. The monoisotopic (exact) mass is 389 g/mol. The van der Waals surface area contributed by atoms with Crippen molar-refractivity contribution in [3.05, 3.63) is 46.8 Å². The molecule has 1 aromatic heterocycles. The Hall–Kier alpha value is -2.37. The molecule has 1 saturated heterocycles. The first-order valence-corrected chi connectivity index (χ1v) is 10.7. The Morgan fingerprint density at radius 2 is 1.92 bits per heavy atom. The second kappa shape index (κ2) is 7.48. The molecule has 1 aliphatic heterocycles. The van der Waals surface area contributed by atoms with Crippen LogP contribution in [0.3, 0.4) is 0 Å². The predicted octanol–water partition coefficient (Wildman–Crippen LogP) is 2.05. The molecule has 1 amide bonds. The highest BCUT2D eigenvalue weighted by molar-refractivity contribution is 7.94. The molecule has 0 radical (unpaired) electrons. The quantitative estimate of drug-likeness (QED) is 0.799. The summed E-state index contributed by atoms with van der Waals surface area (Å²) in [5.41, 5.74) is 2.30. The Bertz CT molecular complexity index is 952. The molecule has 1 fully saturated rings. The minimum atomic E-state index is -3.71. The number of nitriles is 1. The molecule has 0 unspecified atom stereocenters. The minimum absolute atomic E-state index is 0.0702. The van der Waals surface area contributed by atoms with Gasteiger partial charge in [-0.1, -0.05) is 12.1 Å². The first kappa shape index (κ1) is 18.4. The van der Waals surface area contributed by atoms with E-state index in [4.69, 9.17) is 5.26 Å². The molecular weight excluding hydrogens is 370 g/mol. The fraction of sp³-hybridized carbons (Fsp3) is 0.333. The average molecular weight is 390 g/mol. The van der Waals surface area contributed by atoms with Crippen molar-refractivity contribution in [1.82, 2.24) is 4.90 Å². The van der Waals surface area contributed by atoms with Gasteiger partial charge in [-0.25, -0.2) is 8.42 Å². The maximum atomic E-state index is 12.4. The minimum Gasteiger partial charge on any atom is -0.368 e. The fourth-order valence-electron chi connectivity index (χ4n) is 2.91. The Morgan fingerprint density at radius 1 is 1.19 bits per heavy atom. The standard InChI is InChI=1S/C18H19N3O3S2/c1-14-3-2-4-15(11-14)20-7-9-21(10-8-20)17(22)13-26(23,24)18-6-5-16(12-19)25-18/h2-6,11H,7-10,13H2,1H3. The Balaban J connectivity index is 1.61. The molecule has 0 N–H and O–H groups in total. The lowest BCUT2D eigenvalue weighted by Gasteiger charge is -2.36. The number of benzene rings is 1. The van der Waals surface area contributed by atoms with Crippen molar-refractivity contribution < 1.29 is 13.2 Å². The third-order valence-electron chi connectivity index (χ3n) is 4.31. The van der Waals surface area contributed by atoms with Crippen molar-refractivity contribution in [2.24, 2.45) is 0 Å². The van der Waals surface area contributed by atoms with E-state index in [1.807, 2.05) is 31.2 Å². The van der Waals surface area contributed by atoms with Crippen LogP contribution in [-0.2, 0) is 14.6 Å². The van der Waals surface area contributed by atoms with Gasteiger partial charge in [-0.15, -0.1) is 11.3 Å². The molecule has 2 heterocycles. The number of carbonyl (C=O) groups is 1. The molecule has 1 aromatic carbocycles. The summed E-state index contributed by atoms with van der Waals surface area (Å²) in [5, 5.41) is 8.82. The zero-order valence-corrected chi connectivity index (χ0v) is 16.0. The van der Waals surface area contributed by atoms with Gasteiger partial charge in [0.25, 0.3) is 0 Å². The Kier molecular flexibility index (Phi) is 5.30. The molecule has 0 aliphatic carbocycles. The molecular formula is C18H19N3O3S2. The SMILES string of the molecule is Cc1cccc(N2CCN(C(=O)CS(=O)(=O)c3ccc(C#N)s3)CC2)c1. The molecule has 3 rings (SSSR count). The van der Waals surface area contributed by atoms with E-state index in [2.05, 4.69) is 11.0 Å². The van der Waals surface area contributed by atoms with Crippen molar-refractivity contribution in [2.45, 2.75) is 11.1 Å². The van der Waals surface area contributed by atoms with Crippen LogP contribution < -0.4 is 4.90 Å². The van der Waals surface area contributed by atoms with Crippen LogP contribution in [0.5, 0.6) is 0 Å². The number of rotatable bonds is 4. The number of carbonyl (C=O) groups excluding carboxylic acids is 1. The van der Waals surface area contributed by atoms with Crippen LogP contribution in [0.2, 0.25) is 0 Å². The van der Waals surface area contributed by atoms with E-state index in [0.717, 1.165) is 17.0 Å². The number of hydrogen-bond acceptors (Lipinski definition) is 6. The van der Waals surface area contributed by atoms with Crippen LogP contribution in [-0.4, -0.2) is 51.2 Å². The lowest BCUT2D eigenvalue weighted by atomic mass is 10.2. The van der Waals surface area contributed by atoms with Gasteiger partial charge < -0.3 is 9.80 Å². The number of amides is 1. The highest BCUT2D eigenvalue weighted by Crippen LogP contribution is 2.23. The predicted molar refractivity (Wildman–Crippen MR) is 101 cm³/mol. The summed E-state index contributed by atoms with van der Waals surface area (Å²) in [4.78, 5) is 16.5. The summed E-state index contributed by atoms with van der Waals surface area (Å²) in [5.74, 6) is -0.941. The van der Waals surface area contributed by atoms with Crippen LogP contribution >= 0.6 is 11.3 Å². The van der Waals surface area contributed by atoms with Gasteiger partial charge in [0.2, 0.25) is 5.91 Å². The van der Waals surface area contributed by atoms with Crippen LogP contribution in [0.1, 0.15) is 10.4 Å². The summed E-state index contributed by atoms with van der Waals surface area (Å²) < 4.78 is 24.8. The third kappa shape index (κ3) is 4.06. The number of anilines is 1. The molecule has 8 heteroatoms. The van der Waals surface area contributed by atoms with Crippen molar-refractivity contribution in [2.75, 3.05) is 36.8 Å². The third-order valence-corrected chi connectivity index (χ3v) is 7.48. The normalized spacial score (nSPS) is 14.9. The lowest BCUT2D eigenvalue weighted by molar-refractivity contribution is -0.128. The van der Waals surface area contributed by atoms with Crippen LogP contribution in [0.4, 0.5) is 5.69 Å². The smallest absolute Gasteiger partial charge is 0.238 e. The van der Waals surface area contributed by atoms with Crippen molar-refractivity contribution >= 4 is 32.8 Å². The molecule has 0 spiro atoms. The van der Waals surface area contributed by atoms with Gasteiger partial charge in [-0.2, -0.15) is 5.26 Å². The summed E-state index contributed by atoms with van der Waals surface area (Å²) in [7, 11) is -3.71. The number of hydrogen-bond donors (Lipinski definition) is 0. The second-order valence-corrected chi connectivity index (χ2v) is 9.50. The highest BCUT2D eigenvalue weighted by atomic mass is 32.2. The Labute approximate surface area is 157 Å². The van der Waals surface area contributed by atoms with E-state index in [9.17, 15) is 13.2 Å². The summed E-state index contributed by atoms with van der Waals surface area (Å²) >= 11 is 0.899. The summed E-state index contributed by atoms with van der Waals surface area (Å²) in [6.07, 6.45) is 0. The van der Waals surface area contributed by atoms with Gasteiger partial charge in [0.15, 0.2) is 9.84 Å². The second-order valence-electron chi connectivity index (χ2n) is 6.20. The summed E-state index contributed by atoms with van der Waals surface area (Å²) in [6, 6.07) is 13.0. The van der Waals surface area contributed by atoms with E-state index in [1.54, 1.807) is 4.90 Å². The van der Waals surface area contributed by atoms with Crippen LogP contribution in [0.25, 0.3) is 0 Å². The molecule has 2 aromatic rings. The van der Waals surface area contributed by atoms with E-state index < -0.39 is 15.6 Å². The van der Waals surface area contributed by atoms with Crippen molar-refractivity contribution in [3.8, 4) is 6.07 Å². The molecule has 6 nitrogen and oxygen atoms in total. The average Bonchev–Trinajstić information content (AvgIpc) is 3.12. The van der Waals surface area contributed by atoms with Gasteiger partial charge in [-0.05, 0) is 36.8 Å². The van der Waals surface area contributed by atoms with E-state index in [1.165, 1.54) is 17.7 Å². The van der Waals surface area contributed by atoms with E-state index in [-0.39, 0.29) is 10.1 Å². The number of nitrogens with zero attached hydrogens (tertiary/aromatic N) is 3. The van der Waals surface area contributed by atoms with Crippen LogP contribution in [0.15, 0.2) is 40.6 Å². The largest absolute Gasteiger partial charge is 0.368 e. The molecule has 0 saturated carbocycles. The zero-order valence-electron chi connectivity index (χ0n) is 14.4. The Morgan fingerprint density at radius 3 is 2.54 bits per heavy atom. The molecule has 1 aliphatic rings. The van der Waals surface area contributed by atoms with Crippen LogP contribution in [0, 0.1) is 18.3 Å². The first-order chi connectivity index (χ1) is 12.4. The molecule has 136 valence electrons. The van der Waals surface area contributed by atoms with Gasteiger partial charge in [0, 0.05) is 31.9 Å². The first-order valence-electron chi connectivity index (χ1n) is 8.21. The molecule has 26 heavy (non-hydrogen) atoms. The lowest BCUT2D eigenvalue weighted by Crippen LogP contribution is -2.50. The fourth-order valence-corrected chi connectivity index (χ4v) is 5.32.